The van der Waals surface area contributed by atoms with Crippen LogP contribution in [0.25, 0.3) is 0 Å². The van der Waals surface area contributed by atoms with Crippen LogP contribution < -0.4 is 5.32 Å². The molecule has 98 valence electrons. The van der Waals surface area contributed by atoms with E-state index in [1.165, 1.54) is 0 Å². The van der Waals surface area contributed by atoms with E-state index in [4.69, 9.17) is 9.47 Å². The highest BCUT2D eigenvalue weighted by molar-refractivity contribution is 5.80. The molecule has 1 amide bonds. The molecule has 0 aliphatic rings. The highest BCUT2D eigenvalue weighted by atomic mass is 16.6. The Kier molecular flexibility index (Phi) is 6.31. The molecule has 17 heavy (non-hydrogen) atoms. The Hall–Kier alpha value is -1.52. The van der Waals surface area contributed by atoms with Crippen molar-refractivity contribution in [2.24, 2.45) is 0 Å². The summed E-state index contributed by atoms with van der Waals surface area (Å²) in [5.74, 6) is -0.488. The van der Waals surface area contributed by atoms with Crippen LogP contribution in [0.15, 0.2) is 12.7 Å². The van der Waals surface area contributed by atoms with E-state index in [2.05, 4.69) is 11.9 Å². The normalized spacial score (nSPS) is 12.5. The lowest BCUT2D eigenvalue weighted by atomic mass is 10.2. The van der Waals surface area contributed by atoms with E-state index in [0.29, 0.717) is 6.42 Å². The monoisotopic (exact) mass is 243 g/mol. The third kappa shape index (κ3) is 8.30. The zero-order valence-electron chi connectivity index (χ0n) is 10.9. The van der Waals surface area contributed by atoms with Crippen LogP contribution in [-0.2, 0) is 14.3 Å². The highest BCUT2D eigenvalue weighted by Gasteiger charge is 2.21. The molecule has 1 atom stereocenters. The predicted molar refractivity (Wildman–Crippen MR) is 64.6 cm³/mol. The van der Waals surface area contributed by atoms with Crippen molar-refractivity contribution < 1.29 is 19.1 Å². The summed E-state index contributed by atoms with van der Waals surface area (Å²) in [7, 11) is 0. The highest BCUT2D eigenvalue weighted by Crippen LogP contribution is 2.06. The molecule has 0 radical (unpaired) electrons. The Labute approximate surface area is 102 Å². The second-order valence-electron chi connectivity index (χ2n) is 4.61. The summed E-state index contributed by atoms with van der Waals surface area (Å²) in [6.07, 6.45) is 1.61. The lowest BCUT2D eigenvalue weighted by molar-refractivity contribution is -0.145. The van der Waals surface area contributed by atoms with Crippen molar-refractivity contribution in [1.29, 1.82) is 0 Å². The van der Waals surface area contributed by atoms with Gasteiger partial charge >= 0.3 is 12.1 Å². The zero-order valence-corrected chi connectivity index (χ0v) is 10.9. The van der Waals surface area contributed by atoms with Gasteiger partial charge in [-0.15, -0.1) is 6.58 Å². The Morgan fingerprint density at radius 1 is 1.41 bits per heavy atom. The third-order valence-electron chi connectivity index (χ3n) is 1.65. The second-order valence-corrected chi connectivity index (χ2v) is 4.61. The van der Waals surface area contributed by atoms with Gasteiger partial charge in [0.05, 0.1) is 6.61 Å². The quantitative estimate of drug-likeness (QED) is 0.456. The summed E-state index contributed by atoms with van der Waals surface area (Å²) in [4.78, 5) is 22.7. The van der Waals surface area contributed by atoms with Crippen LogP contribution in [0.5, 0.6) is 0 Å². The molecule has 5 nitrogen and oxygen atoms in total. The fourth-order valence-electron chi connectivity index (χ4n) is 0.911. The lowest BCUT2D eigenvalue weighted by Crippen LogP contribution is -2.42. The molecule has 0 heterocycles. The number of carbonyl (C=O) groups is 2. The fraction of sp³-hybridized carbons (Fsp3) is 0.667. The topological polar surface area (TPSA) is 64.6 Å². The van der Waals surface area contributed by atoms with Gasteiger partial charge in [0.15, 0.2) is 0 Å². The average Bonchev–Trinajstić information content (AvgIpc) is 2.14. The molecule has 0 bridgehead atoms. The number of esters is 1. The molecule has 0 unspecified atom stereocenters. The summed E-state index contributed by atoms with van der Waals surface area (Å²) in [6, 6.07) is -0.727. The van der Waals surface area contributed by atoms with Crippen LogP contribution in [0.3, 0.4) is 0 Å². The van der Waals surface area contributed by atoms with Gasteiger partial charge in [0.25, 0.3) is 0 Å². The molecule has 0 rings (SSSR count). The maximum atomic E-state index is 11.4. The Bertz CT molecular complexity index is 281. The molecule has 1 N–H and O–H groups in total. The lowest BCUT2D eigenvalue weighted by Gasteiger charge is -2.21. The smallest absolute Gasteiger partial charge is 0.408 e. The minimum atomic E-state index is -0.727. The van der Waals surface area contributed by atoms with E-state index in [1.807, 2.05) is 0 Å². The van der Waals surface area contributed by atoms with E-state index in [-0.39, 0.29) is 6.61 Å². The number of nitrogens with one attached hydrogen (secondary N) is 1. The van der Waals surface area contributed by atoms with E-state index >= 15 is 0 Å². The molecule has 5 heteroatoms. The maximum Gasteiger partial charge on any atom is 0.408 e. The molecule has 0 aromatic carbocycles. The molecule has 0 aliphatic carbocycles. The molecule has 0 aromatic heterocycles. The van der Waals surface area contributed by atoms with Gasteiger partial charge in [0.1, 0.15) is 11.6 Å². The summed E-state index contributed by atoms with van der Waals surface area (Å²) in [6.45, 7) is 10.6. The summed E-state index contributed by atoms with van der Waals surface area (Å²) < 4.78 is 9.90. The summed E-state index contributed by atoms with van der Waals surface area (Å²) in [5, 5.41) is 2.40. The Balaban J connectivity index is 3.99. The number of carbonyl (C=O) groups excluding carboxylic acids is 2. The number of ether oxygens (including phenoxy) is 2. The minimum absolute atomic E-state index is 0.267. The van der Waals surface area contributed by atoms with Crippen molar-refractivity contribution in [3.05, 3.63) is 12.7 Å². The molecule has 0 fully saturated rings. The SMILES string of the molecule is C=CCCOC(=O)[C@H](C)NC(=O)OC(C)(C)C. The van der Waals surface area contributed by atoms with E-state index < -0.39 is 23.7 Å². The number of alkyl carbamates (subject to hydrolysis) is 1. The van der Waals surface area contributed by atoms with Crippen LogP contribution in [0, 0.1) is 0 Å². The van der Waals surface area contributed by atoms with Crippen LogP contribution in [0.2, 0.25) is 0 Å². The van der Waals surface area contributed by atoms with Gasteiger partial charge in [0.2, 0.25) is 0 Å². The van der Waals surface area contributed by atoms with E-state index in [9.17, 15) is 9.59 Å². The van der Waals surface area contributed by atoms with Crippen molar-refractivity contribution in [2.45, 2.75) is 45.8 Å². The standard InChI is InChI=1S/C12H21NO4/c1-6-7-8-16-10(14)9(2)13-11(15)17-12(3,4)5/h6,9H,1,7-8H2,2-5H3,(H,13,15)/t9-/m0/s1. The Morgan fingerprint density at radius 3 is 2.47 bits per heavy atom. The van der Waals surface area contributed by atoms with Gasteiger partial charge < -0.3 is 14.8 Å². The predicted octanol–water partition coefficient (Wildman–Crippen LogP) is 2.02. The van der Waals surface area contributed by atoms with Gasteiger partial charge in [0, 0.05) is 0 Å². The van der Waals surface area contributed by atoms with Gasteiger partial charge in [-0.1, -0.05) is 6.08 Å². The summed E-state index contributed by atoms with van der Waals surface area (Å²) in [5.41, 5.74) is -0.587. The first-order valence-corrected chi connectivity index (χ1v) is 5.53. The first kappa shape index (κ1) is 15.5. The molecular formula is C12H21NO4. The molecular weight excluding hydrogens is 222 g/mol. The van der Waals surface area contributed by atoms with Gasteiger partial charge in [-0.3, -0.25) is 0 Å². The van der Waals surface area contributed by atoms with Gasteiger partial charge in [-0.05, 0) is 34.1 Å². The molecule has 0 aromatic rings. The zero-order chi connectivity index (χ0) is 13.5. The van der Waals surface area contributed by atoms with Crippen LogP contribution >= 0.6 is 0 Å². The molecule has 0 aliphatic heterocycles. The Morgan fingerprint density at radius 2 is 2.00 bits per heavy atom. The second kappa shape index (κ2) is 6.93. The van der Waals surface area contributed by atoms with Crippen LogP contribution in [-0.4, -0.2) is 30.3 Å². The van der Waals surface area contributed by atoms with Crippen LogP contribution in [0.1, 0.15) is 34.1 Å². The average molecular weight is 243 g/mol. The molecule has 0 saturated heterocycles. The van der Waals surface area contributed by atoms with Crippen molar-refractivity contribution in [3.63, 3.8) is 0 Å². The van der Waals surface area contributed by atoms with E-state index in [1.54, 1.807) is 33.8 Å². The molecule has 0 saturated carbocycles. The summed E-state index contributed by atoms with van der Waals surface area (Å²) >= 11 is 0. The van der Waals surface area contributed by atoms with E-state index in [0.717, 1.165) is 0 Å². The van der Waals surface area contributed by atoms with Crippen molar-refractivity contribution in [3.8, 4) is 0 Å². The third-order valence-corrected chi connectivity index (χ3v) is 1.65. The van der Waals surface area contributed by atoms with Crippen molar-refractivity contribution in [2.75, 3.05) is 6.61 Å². The maximum absolute atomic E-state index is 11.4. The number of amides is 1. The largest absolute Gasteiger partial charge is 0.464 e. The van der Waals surface area contributed by atoms with Crippen molar-refractivity contribution in [1.82, 2.24) is 5.32 Å². The minimum Gasteiger partial charge on any atom is -0.464 e. The number of hydrogen-bond acceptors (Lipinski definition) is 4. The van der Waals surface area contributed by atoms with Crippen molar-refractivity contribution >= 4 is 12.1 Å². The first-order chi connectivity index (χ1) is 7.76. The first-order valence-electron chi connectivity index (χ1n) is 5.53. The fourth-order valence-corrected chi connectivity index (χ4v) is 0.911. The number of hydrogen-bond donors (Lipinski definition) is 1. The van der Waals surface area contributed by atoms with Crippen LogP contribution in [0.4, 0.5) is 4.79 Å². The van der Waals surface area contributed by atoms with Gasteiger partial charge in [-0.2, -0.15) is 0 Å². The molecule has 0 spiro atoms. The number of rotatable bonds is 5. The van der Waals surface area contributed by atoms with Gasteiger partial charge in [-0.25, -0.2) is 9.59 Å².